The standard InChI is InChI=1S/C15H18NO4P/c1-13(12-17)16-21(18,19-14-8-4-2-5-9-14)20-15-10-6-3-7-11-15/h2-11,13,17H,12H2,1H3,(H,16,18)/t13-/m0/s1. The fourth-order valence-corrected chi connectivity index (χ4v) is 3.19. The van der Waals surface area contributed by atoms with Gasteiger partial charge in [-0.2, -0.15) is 5.09 Å². The van der Waals surface area contributed by atoms with E-state index in [1.54, 1.807) is 55.5 Å². The molecule has 6 heteroatoms. The molecule has 0 unspecified atom stereocenters. The van der Waals surface area contributed by atoms with Crippen LogP contribution in [0.1, 0.15) is 6.92 Å². The first-order valence-corrected chi connectivity index (χ1v) is 8.13. The molecule has 0 aliphatic carbocycles. The Morgan fingerprint density at radius 2 is 1.43 bits per heavy atom. The fraction of sp³-hybridized carbons (Fsp3) is 0.200. The second kappa shape index (κ2) is 7.27. The van der Waals surface area contributed by atoms with Crippen LogP contribution in [0.25, 0.3) is 0 Å². The Morgan fingerprint density at radius 1 is 1.00 bits per heavy atom. The van der Waals surface area contributed by atoms with E-state index in [4.69, 9.17) is 14.2 Å². The summed E-state index contributed by atoms with van der Waals surface area (Å²) in [5, 5.41) is 11.8. The Kier molecular flexibility index (Phi) is 5.39. The van der Waals surface area contributed by atoms with Crippen LogP contribution in [-0.4, -0.2) is 17.8 Å². The quantitative estimate of drug-likeness (QED) is 0.769. The molecule has 0 fully saturated rings. The molecule has 0 aliphatic rings. The maximum absolute atomic E-state index is 12.9. The molecule has 0 aromatic heterocycles. The first kappa shape index (κ1) is 15.6. The predicted molar refractivity (Wildman–Crippen MR) is 81.4 cm³/mol. The lowest BCUT2D eigenvalue weighted by atomic mass is 10.3. The van der Waals surface area contributed by atoms with Crippen LogP contribution in [0.3, 0.4) is 0 Å². The second-order valence-electron chi connectivity index (χ2n) is 4.52. The minimum Gasteiger partial charge on any atom is -0.405 e. The van der Waals surface area contributed by atoms with Gasteiger partial charge in [0, 0.05) is 6.04 Å². The highest BCUT2D eigenvalue weighted by Gasteiger charge is 2.30. The van der Waals surface area contributed by atoms with E-state index >= 15 is 0 Å². The normalized spacial score (nSPS) is 12.7. The molecule has 0 heterocycles. The number of rotatable bonds is 7. The van der Waals surface area contributed by atoms with Gasteiger partial charge in [-0.25, -0.2) is 4.57 Å². The molecule has 0 saturated carbocycles. The summed E-state index contributed by atoms with van der Waals surface area (Å²) >= 11 is 0. The van der Waals surface area contributed by atoms with Crippen LogP contribution in [0.5, 0.6) is 11.5 Å². The summed E-state index contributed by atoms with van der Waals surface area (Å²) in [6, 6.07) is 17.1. The Balaban J connectivity index is 2.19. The molecule has 0 radical (unpaired) electrons. The van der Waals surface area contributed by atoms with Gasteiger partial charge in [0.25, 0.3) is 0 Å². The van der Waals surface area contributed by atoms with Crippen molar-refractivity contribution < 1.29 is 18.7 Å². The minimum atomic E-state index is -3.65. The van der Waals surface area contributed by atoms with Gasteiger partial charge in [-0.3, -0.25) is 0 Å². The molecule has 0 saturated heterocycles. The third-order valence-corrected chi connectivity index (χ3v) is 4.25. The van der Waals surface area contributed by atoms with E-state index in [-0.39, 0.29) is 6.61 Å². The molecule has 5 nitrogen and oxygen atoms in total. The van der Waals surface area contributed by atoms with Crippen molar-refractivity contribution in [2.45, 2.75) is 13.0 Å². The van der Waals surface area contributed by atoms with Gasteiger partial charge < -0.3 is 14.2 Å². The molecule has 2 aromatic rings. The van der Waals surface area contributed by atoms with Crippen LogP contribution in [-0.2, 0) is 4.57 Å². The summed E-state index contributed by atoms with van der Waals surface area (Å²) in [5.41, 5.74) is 0. The number of para-hydroxylation sites is 2. The third-order valence-electron chi connectivity index (χ3n) is 2.59. The van der Waals surface area contributed by atoms with Crippen LogP contribution in [0, 0.1) is 0 Å². The number of aliphatic hydroxyl groups excluding tert-OH is 1. The van der Waals surface area contributed by atoms with Crippen LogP contribution >= 0.6 is 7.75 Å². The van der Waals surface area contributed by atoms with Crippen LogP contribution in [0.15, 0.2) is 60.7 Å². The lowest BCUT2D eigenvalue weighted by molar-refractivity contribution is 0.255. The van der Waals surface area contributed by atoms with E-state index in [1.807, 2.05) is 12.1 Å². The molecule has 112 valence electrons. The largest absolute Gasteiger partial charge is 0.513 e. The van der Waals surface area contributed by atoms with Crippen molar-refractivity contribution >= 4 is 7.75 Å². The number of nitrogens with one attached hydrogen (secondary N) is 1. The van der Waals surface area contributed by atoms with Gasteiger partial charge in [-0.05, 0) is 31.2 Å². The Labute approximate surface area is 124 Å². The highest BCUT2D eigenvalue weighted by molar-refractivity contribution is 7.52. The Hall–Kier alpha value is -1.81. The van der Waals surface area contributed by atoms with E-state index in [0.29, 0.717) is 11.5 Å². The molecule has 0 aliphatic heterocycles. The van der Waals surface area contributed by atoms with Gasteiger partial charge in [0.2, 0.25) is 0 Å². The monoisotopic (exact) mass is 307 g/mol. The molecular weight excluding hydrogens is 289 g/mol. The maximum atomic E-state index is 12.9. The van der Waals surface area contributed by atoms with E-state index in [2.05, 4.69) is 5.09 Å². The van der Waals surface area contributed by atoms with E-state index in [0.717, 1.165) is 0 Å². The Morgan fingerprint density at radius 3 is 1.81 bits per heavy atom. The molecule has 2 N–H and O–H groups in total. The van der Waals surface area contributed by atoms with Gasteiger partial charge in [0.1, 0.15) is 11.5 Å². The fourth-order valence-electron chi connectivity index (χ4n) is 1.62. The highest BCUT2D eigenvalue weighted by Crippen LogP contribution is 2.45. The van der Waals surface area contributed by atoms with E-state index in [9.17, 15) is 4.57 Å². The molecule has 0 amide bonds. The van der Waals surface area contributed by atoms with Crippen molar-refractivity contribution in [1.29, 1.82) is 0 Å². The van der Waals surface area contributed by atoms with Crippen molar-refractivity contribution in [3.8, 4) is 11.5 Å². The van der Waals surface area contributed by atoms with Gasteiger partial charge in [-0.15, -0.1) is 0 Å². The van der Waals surface area contributed by atoms with Gasteiger partial charge in [0.05, 0.1) is 6.61 Å². The summed E-state index contributed by atoms with van der Waals surface area (Å²) in [5.74, 6) is 0.851. The predicted octanol–water partition coefficient (Wildman–Crippen LogP) is 3.22. The lowest BCUT2D eigenvalue weighted by Crippen LogP contribution is -2.30. The van der Waals surface area contributed by atoms with Gasteiger partial charge >= 0.3 is 7.75 Å². The molecule has 1 atom stereocenters. The summed E-state index contributed by atoms with van der Waals surface area (Å²) in [6.45, 7) is 1.51. The van der Waals surface area contributed by atoms with Gasteiger partial charge in [0.15, 0.2) is 0 Å². The second-order valence-corrected chi connectivity index (χ2v) is 6.14. The highest BCUT2D eigenvalue weighted by atomic mass is 31.2. The third kappa shape index (κ3) is 4.90. The van der Waals surface area contributed by atoms with Crippen LogP contribution in [0.4, 0.5) is 0 Å². The van der Waals surface area contributed by atoms with Crippen molar-refractivity contribution in [2.75, 3.05) is 6.61 Å². The summed E-state index contributed by atoms with van der Waals surface area (Å²) in [7, 11) is -3.65. The van der Waals surface area contributed by atoms with Crippen molar-refractivity contribution in [3.63, 3.8) is 0 Å². The van der Waals surface area contributed by atoms with Crippen molar-refractivity contribution in [3.05, 3.63) is 60.7 Å². The summed E-state index contributed by atoms with van der Waals surface area (Å²) in [4.78, 5) is 0. The number of aliphatic hydroxyl groups is 1. The zero-order chi connectivity index (χ0) is 15.1. The molecule has 0 spiro atoms. The summed E-state index contributed by atoms with van der Waals surface area (Å²) < 4.78 is 23.8. The summed E-state index contributed by atoms with van der Waals surface area (Å²) in [6.07, 6.45) is 0. The van der Waals surface area contributed by atoms with E-state index in [1.165, 1.54) is 0 Å². The number of hydrogen-bond acceptors (Lipinski definition) is 4. The number of hydrogen-bond donors (Lipinski definition) is 2. The zero-order valence-corrected chi connectivity index (χ0v) is 12.6. The average molecular weight is 307 g/mol. The minimum absolute atomic E-state index is 0.180. The molecule has 21 heavy (non-hydrogen) atoms. The van der Waals surface area contributed by atoms with Crippen molar-refractivity contribution in [1.82, 2.24) is 5.09 Å². The molecule has 0 bridgehead atoms. The molecular formula is C15H18NO4P. The first-order valence-electron chi connectivity index (χ1n) is 6.59. The first-order chi connectivity index (χ1) is 10.1. The average Bonchev–Trinajstić information content (AvgIpc) is 2.48. The molecule has 2 aromatic carbocycles. The van der Waals surface area contributed by atoms with Gasteiger partial charge in [-0.1, -0.05) is 36.4 Å². The van der Waals surface area contributed by atoms with Crippen LogP contribution in [0.2, 0.25) is 0 Å². The van der Waals surface area contributed by atoms with Crippen molar-refractivity contribution in [2.24, 2.45) is 0 Å². The SMILES string of the molecule is C[C@@H](CO)NP(=O)(Oc1ccccc1)Oc1ccccc1. The topological polar surface area (TPSA) is 67.8 Å². The molecule has 2 rings (SSSR count). The van der Waals surface area contributed by atoms with E-state index < -0.39 is 13.8 Å². The lowest BCUT2D eigenvalue weighted by Gasteiger charge is -2.22. The maximum Gasteiger partial charge on any atom is 0.513 e. The smallest absolute Gasteiger partial charge is 0.405 e. The van der Waals surface area contributed by atoms with Crippen LogP contribution < -0.4 is 14.1 Å². The Bertz CT molecular complexity index is 546. The number of benzene rings is 2. The zero-order valence-electron chi connectivity index (χ0n) is 11.7.